The number of amides is 1. The molecule has 5 heteroatoms. The monoisotopic (exact) mass is 418 g/mol. The lowest BCUT2D eigenvalue weighted by molar-refractivity contribution is -0.0000104. The van der Waals surface area contributed by atoms with Crippen molar-refractivity contribution in [2.24, 2.45) is 0 Å². The number of quaternary nitrogens is 1. The molecule has 0 radical (unpaired) electrons. The molecule has 0 N–H and O–H groups in total. The minimum Gasteiger partial charge on any atom is -1.00 e. The van der Waals surface area contributed by atoms with E-state index in [9.17, 15) is 4.79 Å². The molecule has 0 bridgehead atoms. The van der Waals surface area contributed by atoms with Crippen LogP contribution in [0.3, 0.4) is 0 Å². The summed E-state index contributed by atoms with van der Waals surface area (Å²) >= 11 is 0. The van der Waals surface area contributed by atoms with Gasteiger partial charge in [-0.25, -0.2) is 4.79 Å². The van der Waals surface area contributed by atoms with Crippen LogP contribution in [0.4, 0.5) is 10.5 Å². The molecule has 1 aromatic carbocycles. The Labute approximate surface area is 151 Å². The minimum absolute atomic E-state index is 0. The number of piperidine rings is 1. The van der Waals surface area contributed by atoms with Gasteiger partial charge in [0.2, 0.25) is 0 Å². The number of likely N-dealkylation sites (tertiary alicyclic amines) is 1. The average Bonchev–Trinajstić information content (AvgIpc) is 2.55. The summed E-state index contributed by atoms with van der Waals surface area (Å²) in [5.41, 5.74) is 1.18. The molecule has 1 fully saturated rings. The van der Waals surface area contributed by atoms with Crippen molar-refractivity contribution in [1.82, 2.24) is 9.38 Å². The standard InChI is InChI=1S/C17H27N2O2.HI/c1-4-19(3,5-2)15-10-9-11-16(14-15)21-17(20)18-12-7-6-8-13-18;/h9-11,14H,4-8,12-13H2,1-3H3;1H/q+1;/p-1. The Morgan fingerprint density at radius 3 is 2.41 bits per heavy atom. The van der Waals surface area contributed by atoms with E-state index in [4.69, 9.17) is 4.74 Å². The predicted molar refractivity (Wildman–Crippen MR) is 86.7 cm³/mol. The Balaban J connectivity index is 0.00000242. The van der Waals surface area contributed by atoms with Crippen LogP contribution >= 0.6 is 0 Å². The molecule has 1 amide bonds. The van der Waals surface area contributed by atoms with Crippen molar-refractivity contribution in [2.45, 2.75) is 33.1 Å². The van der Waals surface area contributed by atoms with Crippen LogP contribution in [0.1, 0.15) is 33.1 Å². The van der Waals surface area contributed by atoms with Crippen molar-refractivity contribution in [3.8, 4) is 5.75 Å². The highest BCUT2D eigenvalue weighted by molar-refractivity contribution is 5.71. The zero-order valence-corrected chi connectivity index (χ0v) is 16.0. The zero-order valence-electron chi connectivity index (χ0n) is 13.8. The fourth-order valence-electron chi connectivity index (χ4n) is 2.71. The fourth-order valence-corrected chi connectivity index (χ4v) is 2.71. The van der Waals surface area contributed by atoms with Crippen molar-refractivity contribution < 1.29 is 33.5 Å². The van der Waals surface area contributed by atoms with Gasteiger partial charge in [0.1, 0.15) is 11.4 Å². The SMILES string of the molecule is CC[N+](C)(CC)c1cccc(OC(=O)N2CCCCC2)c1.[I-]. The molecule has 1 aliphatic rings. The van der Waals surface area contributed by atoms with E-state index in [0.29, 0.717) is 5.75 Å². The number of halogens is 1. The summed E-state index contributed by atoms with van der Waals surface area (Å²) in [6.07, 6.45) is 3.15. The average molecular weight is 418 g/mol. The molecule has 124 valence electrons. The molecule has 2 rings (SSSR count). The van der Waals surface area contributed by atoms with Crippen LogP contribution in [0, 0.1) is 0 Å². The highest BCUT2D eigenvalue weighted by Crippen LogP contribution is 2.26. The molecule has 0 aliphatic carbocycles. The molecule has 1 aromatic rings. The number of carbonyl (C=O) groups excluding carboxylic acids is 1. The zero-order chi connectivity index (χ0) is 15.3. The molecule has 1 aliphatic heterocycles. The fraction of sp³-hybridized carbons (Fsp3) is 0.588. The predicted octanol–water partition coefficient (Wildman–Crippen LogP) is 0.652. The van der Waals surface area contributed by atoms with Crippen LogP contribution in [0.25, 0.3) is 0 Å². The summed E-state index contributed by atoms with van der Waals surface area (Å²) in [5.74, 6) is 0.648. The highest BCUT2D eigenvalue weighted by Gasteiger charge is 2.22. The Kier molecular flexibility index (Phi) is 7.62. The van der Waals surface area contributed by atoms with Crippen LogP contribution in [0.5, 0.6) is 5.75 Å². The summed E-state index contributed by atoms with van der Waals surface area (Å²) in [7, 11) is 2.20. The van der Waals surface area contributed by atoms with Crippen molar-refractivity contribution in [3.05, 3.63) is 24.3 Å². The third kappa shape index (κ3) is 4.59. The number of rotatable bonds is 4. The first-order valence-electron chi connectivity index (χ1n) is 8.01. The third-order valence-corrected chi connectivity index (χ3v) is 4.66. The molecule has 0 aromatic heterocycles. The van der Waals surface area contributed by atoms with E-state index < -0.39 is 0 Å². The molecule has 1 heterocycles. The van der Waals surface area contributed by atoms with Gasteiger partial charge in [-0.15, -0.1) is 0 Å². The quantitative estimate of drug-likeness (QED) is 0.531. The van der Waals surface area contributed by atoms with Gasteiger partial charge < -0.3 is 33.6 Å². The second kappa shape index (κ2) is 8.72. The van der Waals surface area contributed by atoms with Crippen molar-refractivity contribution in [3.63, 3.8) is 0 Å². The van der Waals surface area contributed by atoms with E-state index in [1.165, 1.54) is 12.1 Å². The van der Waals surface area contributed by atoms with Crippen molar-refractivity contribution in [2.75, 3.05) is 33.2 Å². The number of hydrogen-bond donors (Lipinski definition) is 0. The number of hydrogen-bond acceptors (Lipinski definition) is 2. The molecule has 1 saturated heterocycles. The molecule has 0 atom stereocenters. The minimum atomic E-state index is -0.214. The first-order chi connectivity index (χ1) is 10.1. The van der Waals surface area contributed by atoms with E-state index in [1.807, 2.05) is 23.1 Å². The first-order valence-corrected chi connectivity index (χ1v) is 8.01. The summed E-state index contributed by atoms with van der Waals surface area (Å²) < 4.78 is 6.40. The maximum atomic E-state index is 12.2. The van der Waals surface area contributed by atoms with Crippen LogP contribution < -0.4 is 33.2 Å². The van der Waals surface area contributed by atoms with Gasteiger partial charge in [-0.3, -0.25) is 4.48 Å². The van der Waals surface area contributed by atoms with Gasteiger partial charge in [0.15, 0.2) is 0 Å². The summed E-state index contributed by atoms with van der Waals surface area (Å²) in [5, 5.41) is 0. The second-order valence-electron chi connectivity index (χ2n) is 5.94. The summed E-state index contributed by atoms with van der Waals surface area (Å²) in [4.78, 5) is 14.0. The van der Waals surface area contributed by atoms with E-state index in [1.54, 1.807) is 0 Å². The van der Waals surface area contributed by atoms with Crippen LogP contribution in [-0.4, -0.2) is 44.2 Å². The van der Waals surface area contributed by atoms with Crippen LogP contribution in [-0.2, 0) is 0 Å². The molecule has 4 nitrogen and oxygen atoms in total. The lowest BCUT2D eigenvalue weighted by atomic mass is 10.1. The van der Waals surface area contributed by atoms with Gasteiger partial charge >= 0.3 is 6.09 Å². The molecular weight excluding hydrogens is 391 g/mol. The van der Waals surface area contributed by atoms with Crippen LogP contribution in [0.2, 0.25) is 0 Å². The third-order valence-electron chi connectivity index (χ3n) is 4.66. The van der Waals surface area contributed by atoms with Crippen molar-refractivity contribution in [1.29, 1.82) is 0 Å². The normalized spacial score (nSPS) is 15.1. The van der Waals surface area contributed by atoms with Crippen molar-refractivity contribution >= 4 is 11.8 Å². The lowest BCUT2D eigenvalue weighted by Crippen LogP contribution is -3.00. The van der Waals surface area contributed by atoms with E-state index in [0.717, 1.165) is 43.5 Å². The first kappa shape index (κ1) is 19.2. The Bertz CT molecular complexity index is 483. The van der Waals surface area contributed by atoms with Gasteiger partial charge in [-0.05, 0) is 45.2 Å². The number of nitrogens with zero attached hydrogens (tertiary/aromatic N) is 2. The highest BCUT2D eigenvalue weighted by atomic mass is 127. The van der Waals surface area contributed by atoms with Crippen LogP contribution in [0.15, 0.2) is 24.3 Å². The second-order valence-corrected chi connectivity index (χ2v) is 5.94. The largest absolute Gasteiger partial charge is 1.00 e. The van der Waals surface area contributed by atoms with Gasteiger partial charge in [-0.1, -0.05) is 6.07 Å². The smallest absolute Gasteiger partial charge is 0.415 e. The van der Waals surface area contributed by atoms with Gasteiger partial charge in [0, 0.05) is 19.2 Å². The summed E-state index contributed by atoms with van der Waals surface area (Å²) in [6.45, 7) is 8.01. The summed E-state index contributed by atoms with van der Waals surface area (Å²) in [6, 6.07) is 7.93. The van der Waals surface area contributed by atoms with Gasteiger partial charge in [-0.2, -0.15) is 0 Å². The Morgan fingerprint density at radius 2 is 1.82 bits per heavy atom. The molecular formula is C17H27IN2O2. The van der Waals surface area contributed by atoms with E-state index in [2.05, 4.69) is 27.0 Å². The van der Waals surface area contributed by atoms with E-state index >= 15 is 0 Å². The maximum Gasteiger partial charge on any atom is 0.415 e. The molecule has 0 spiro atoms. The Morgan fingerprint density at radius 1 is 1.18 bits per heavy atom. The topological polar surface area (TPSA) is 29.5 Å². The molecule has 0 unspecified atom stereocenters. The lowest BCUT2D eigenvalue weighted by Gasteiger charge is -2.32. The Hall–Kier alpha value is -0.820. The molecule has 0 saturated carbocycles. The van der Waals surface area contributed by atoms with Gasteiger partial charge in [0.25, 0.3) is 0 Å². The van der Waals surface area contributed by atoms with Gasteiger partial charge in [0.05, 0.1) is 20.1 Å². The van der Waals surface area contributed by atoms with E-state index in [-0.39, 0.29) is 30.1 Å². The number of benzene rings is 1. The number of carbonyl (C=O) groups is 1. The number of ether oxygens (including phenoxy) is 1. The molecule has 22 heavy (non-hydrogen) atoms. The maximum absolute atomic E-state index is 12.2.